The van der Waals surface area contributed by atoms with Crippen molar-refractivity contribution in [1.82, 2.24) is 0 Å². The van der Waals surface area contributed by atoms with Gasteiger partial charge in [0.2, 0.25) is 5.91 Å². The Labute approximate surface area is 122 Å². The number of primary amides is 1. The largest absolute Gasteiger partial charge is 0.366 e. The average molecular weight is 284 g/mol. The molecular weight excluding hydrogens is 268 g/mol. The number of nitro groups is 1. The lowest BCUT2D eigenvalue weighted by molar-refractivity contribution is -0.384. The number of hydrogen-bond acceptors (Lipinski definition) is 3. The lowest BCUT2D eigenvalue weighted by Crippen LogP contribution is -2.13. The van der Waals surface area contributed by atoms with Gasteiger partial charge in [-0.3, -0.25) is 14.9 Å². The Bertz CT molecular complexity index is 708. The second kappa shape index (κ2) is 5.75. The zero-order chi connectivity index (χ0) is 15.6. The Morgan fingerprint density at radius 3 is 2.38 bits per heavy atom. The van der Waals surface area contributed by atoms with E-state index in [0.29, 0.717) is 5.56 Å². The van der Waals surface area contributed by atoms with Crippen LogP contribution < -0.4 is 5.73 Å². The number of rotatable bonds is 4. The van der Waals surface area contributed by atoms with Crippen LogP contribution in [0, 0.1) is 10.1 Å². The predicted octanol–water partition coefficient (Wildman–Crippen LogP) is 3.48. The van der Waals surface area contributed by atoms with E-state index in [2.05, 4.69) is 0 Å². The first kappa shape index (κ1) is 14.7. The van der Waals surface area contributed by atoms with Gasteiger partial charge in [-0.2, -0.15) is 0 Å². The highest BCUT2D eigenvalue weighted by Gasteiger charge is 2.18. The highest BCUT2D eigenvalue weighted by molar-refractivity contribution is 6.01. The van der Waals surface area contributed by atoms with Crippen LogP contribution in [0.1, 0.15) is 35.7 Å². The lowest BCUT2D eigenvalue weighted by Gasteiger charge is -2.14. The molecule has 1 amide bonds. The topological polar surface area (TPSA) is 86.2 Å². The Morgan fingerprint density at radius 1 is 1.14 bits per heavy atom. The summed E-state index contributed by atoms with van der Waals surface area (Å²) in [7, 11) is 0. The molecule has 0 aromatic heterocycles. The molecule has 2 aromatic carbocycles. The van der Waals surface area contributed by atoms with Crippen molar-refractivity contribution in [3.63, 3.8) is 0 Å². The normalized spacial score (nSPS) is 10.6. The molecule has 5 heteroatoms. The van der Waals surface area contributed by atoms with E-state index in [1.54, 1.807) is 6.07 Å². The first-order chi connectivity index (χ1) is 9.91. The van der Waals surface area contributed by atoms with Gasteiger partial charge in [0.05, 0.1) is 10.5 Å². The smallest absolute Gasteiger partial charge is 0.270 e. The number of carbonyl (C=O) groups is 1. The summed E-state index contributed by atoms with van der Waals surface area (Å²) < 4.78 is 0. The molecule has 0 saturated heterocycles. The average Bonchev–Trinajstić information content (AvgIpc) is 2.46. The number of carbonyl (C=O) groups excluding carboxylic acids is 1. The molecule has 0 bridgehead atoms. The van der Waals surface area contributed by atoms with Crippen LogP contribution in [-0.2, 0) is 0 Å². The van der Waals surface area contributed by atoms with Crippen molar-refractivity contribution < 1.29 is 9.72 Å². The minimum absolute atomic E-state index is 0.144. The van der Waals surface area contributed by atoms with Gasteiger partial charge in [-0.1, -0.05) is 38.1 Å². The summed E-state index contributed by atoms with van der Waals surface area (Å²) in [5.41, 5.74) is 7.96. The number of nitrogens with zero attached hydrogens (tertiary/aromatic N) is 1. The van der Waals surface area contributed by atoms with Gasteiger partial charge in [-0.15, -0.1) is 0 Å². The fourth-order valence-electron chi connectivity index (χ4n) is 2.33. The SMILES string of the molecule is CC(C)c1ccccc1-c1ccc([N+](=O)[O-])cc1C(N)=O. The molecule has 0 atom stereocenters. The third-order valence-corrected chi connectivity index (χ3v) is 3.35. The summed E-state index contributed by atoms with van der Waals surface area (Å²) in [6, 6.07) is 11.9. The number of benzene rings is 2. The monoisotopic (exact) mass is 284 g/mol. The standard InChI is InChI=1S/C16H16N2O3/c1-10(2)12-5-3-4-6-13(12)14-8-7-11(18(20)21)9-15(14)16(17)19/h3-10H,1-2H3,(H2,17,19). The van der Waals surface area contributed by atoms with E-state index in [0.717, 1.165) is 11.1 Å². The summed E-state index contributed by atoms with van der Waals surface area (Å²) in [4.78, 5) is 22.0. The van der Waals surface area contributed by atoms with Gasteiger partial charge >= 0.3 is 0 Å². The van der Waals surface area contributed by atoms with Crippen LogP contribution in [0.4, 0.5) is 5.69 Å². The predicted molar refractivity (Wildman–Crippen MR) is 81.1 cm³/mol. The number of nitro benzene ring substituents is 1. The Kier molecular flexibility index (Phi) is 4.03. The van der Waals surface area contributed by atoms with Crippen molar-refractivity contribution in [2.24, 2.45) is 5.73 Å². The lowest BCUT2D eigenvalue weighted by atomic mass is 9.90. The first-order valence-electron chi connectivity index (χ1n) is 6.59. The van der Waals surface area contributed by atoms with Crippen molar-refractivity contribution in [3.8, 4) is 11.1 Å². The van der Waals surface area contributed by atoms with Crippen molar-refractivity contribution in [1.29, 1.82) is 0 Å². The van der Waals surface area contributed by atoms with Crippen molar-refractivity contribution >= 4 is 11.6 Å². The van der Waals surface area contributed by atoms with Crippen molar-refractivity contribution in [2.75, 3.05) is 0 Å². The van der Waals surface area contributed by atoms with Crippen LogP contribution in [0.2, 0.25) is 0 Å². The molecule has 21 heavy (non-hydrogen) atoms. The minimum Gasteiger partial charge on any atom is -0.366 e. The fourth-order valence-corrected chi connectivity index (χ4v) is 2.33. The molecule has 5 nitrogen and oxygen atoms in total. The first-order valence-corrected chi connectivity index (χ1v) is 6.59. The van der Waals surface area contributed by atoms with Crippen LogP contribution in [0.25, 0.3) is 11.1 Å². The maximum atomic E-state index is 11.7. The van der Waals surface area contributed by atoms with E-state index in [9.17, 15) is 14.9 Å². The van der Waals surface area contributed by atoms with Gasteiger partial charge in [0.1, 0.15) is 0 Å². The summed E-state index contributed by atoms with van der Waals surface area (Å²) in [5.74, 6) is -0.413. The molecule has 0 saturated carbocycles. The van der Waals surface area contributed by atoms with Gasteiger partial charge in [0.25, 0.3) is 5.69 Å². The molecule has 0 aliphatic rings. The Balaban J connectivity index is 2.70. The molecule has 2 rings (SSSR count). The summed E-state index contributed by atoms with van der Waals surface area (Å²) in [5, 5.41) is 10.9. The van der Waals surface area contributed by atoms with Gasteiger partial charge < -0.3 is 5.73 Å². The van der Waals surface area contributed by atoms with Gasteiger partial charge in [-0.25, -0.2) is 0 Å². The van der Waals surface area contributed by atoms with E-state index in [-0.39, 0.29) is 17.2 Å². The third-order valence-electron chi connectivity index (χ3n) is 3.35. The maximum Gasteiger partial charge on any atom is 0.270 e. The second-order valence-electron chi connectivity index (χ2n) is 5.09. The quantitative estimate of drug-likeness (QED) is 0.688. The molecular formula is C16H16N2O3. The molecule has 0 fully saturated rings. The van der Waals surface area contributed by atoms with Gasteiger partial charge in [-0.05, 0) is 28.7 Å². The van der Waals surface area contributed by atoms with Crippen LogP contribution in [0.5, 0.6) is 0 Å². The van der Waals surface area contributed by atoms with E-state index in [4.69, 9.17) is 5.73 Å². The minimum atomic E-state index is -0.674. The highest BCUT2D eigenvalue weighted by Crippen LogP contribution is 2.33. The van der Waals surface area contributed by atoms with E-state index in [1.165, 1.54) is 12.1 Å². The van der Waals surface area contributed by atoms with Gasteiger partial charge in [0.15, 0.2) is 0 Å². The van der Waals surface area contributed by atoms with Crippen LogP contribution in [0.3, 0.4) is 0 Å². The Morgan fingerprint density at radius 2 is 1.81 bits per heavy atom. The molecule has 108 valence electrons. The van der Waals surface area contributed by atoms with Crippen molar-refractivity contribution in [3.05, 3.63) is 63.7 Å². The molecule has 0 heterocycles. The molecule has 2 N–H and O–H groups in total. The maximum absolute atomic E-state index is 11.7. The number of non-ortho nitro benzene ring substituents is 1. The summed E-state index contributed by atoms with van der Waals surface area (Å²) in [6.45, 7) is 4.10. The number of hydrogen-bond donors (Lipinski definition) is 1. The molecule has 2 aromatic rings. The molecule has 0 aliphatic heterocycles. The van der Waals surface area contributed by atoms with E-state index in [1.807, 2.05) is 38.1 Å². The molecule has 0 unspecified atom stereocenters. The van der Waals surface area contributed by atoms with Crippen molar-refractivity contribution in [2.45, 2.75) is 19.8 Å². The molecule has 0 radical (unpaired) electrons. The van der Waals surface area contributed by atoms with E-state index >= 15 is 0 Å². The number of amides is 1. The van der Waals surface area contributed by atoms with Crippen LogP contribution in [0.15, 0.2) is 42.5 Å². The zero-order valence-electron chi connectivity index (χ0n) is 11.9. The Hall–Kier alpha value is -2.69. The van der Waals surface area contributed by atoms with Crippen LogP contribution in [-0.4, -0.2) is 10.8 Å². The summed E-state index contributed by atoms with van der Waals surface area (Å²) in [6.07, 6.45) is 0. The van der Waals surface area contributed by atoms with Gasteiger partial charge in [0, 0.05) is 12.1 Å². The fraction of sp³-hybridized carbons (Fsp3) is 0.188. The number of nitrogens with two attached hydrogens (primary N) is 1. The van der Waals surface area contributed by atoms with Crippen LogP contribution >= 0.6 is 0 Å². The third kappa shape index (κ3) is 2.91. The molecule has 0 aliphatic carbocycles. The zero-order valence-corrected chi connectivity index (χ0v) is 11.9. The second-order valence-corrected chi connectivity index (χ2v) is 5.09. The molecule has 0 spiro atoms. The summed E-state index contributed by atoms with van der Waals surface area (Å²) >= 11 is 0. The van der Waals surface area contributed by atoms with E-state index < -0.39 is 10.8 Å². The highest BCUT2D eigenvalue weighted by atomic mass is 16.6.